The number of amides is 2. The van der Waals surface area contributed by atoms with Gasteiger partial charge in [0.15, 0.2) is 5.76 Å². The number of nitrogens with zero attached hydrogens (tertiary/aromatic N) is 1. The molecule has 1 aromatic heterocycles. The maximum Gasteiger partial charge on any atom is 0.287 e. The van der Waals surface area contributed by atoms with Crippen molar-refractivity contribution in [2.75, 3.05) is 26.2 Å². The molecule has 3 N–H and O–H groups in total. The van der Waals surface area contributed by atoms with Crippen molar-refractivity contribution in [2.24, 2.45) is 11.7 Å². The van der Waals surface area contributed by atoms with Crippen molar-refractivity contribution < 1.29 is 14.0 Å². The zero-order valence-corrected chi connectivity index (χ0v) is 13.0. The number of hydrogen-bond acceptors (Lipinski definition) is 4. The maximum atomic E-state index is 12.2. The van der Waals surface area contributed by atoms with Crippen LogP contribution in [0.4, 0.5) is 0 Å². The number of benzene rings is 1. The van der Waals surface area contributed by atoms with Crippen molar-refractivity contribution in [2.45, 2.75) is 12.8 Å². The Labute approximate surface area is 134 Å². The van der Waals surface area contributed by atoms with E-state index in [4.69, 9.17) is 10.2 Å². The third kappa shape index (κ3) is 3.90. The Balaban J connectivity index is 1.49. The SMILES string of the molecule is NC(=O)CN1CCC(CNC(=O)c2cc3ccccc3o2)CC1. The predicted octanol–water partition coefficient (Wildman–Crippen LogP) is 1.36. The molecule has 1 fully saturated rings. The Morgan fingerprint density at radius 2 is 2.00 bits per heavy atom. The molecule has 0 bridgehead atoms. The first kappa shape index (κ1) is 15.6. The quantitative estimate of drug-likeness (QED) is 0.872. The van der Waals surface area contributed by atoms with Gasteiger partial charge in [-0.1, -0.05) is 18.2 Å². The Hall–Kier alpha value is -2.34. The monoisotopic (exact) mass is 315 g/mol. The van der Waals surface area contributed by atoms with Crippen LogP contribution < -0.4 is 11.1 Å². The number of nitrogens with one attached hydrogen (secondary N) is 1. The summed E-state index contributed by atoms with van der Waals surface area (Å²) in [6, 6.07) is 9.33. The third-order valence-corrected chi connectivity index (χ3v) is 4.29. The molecule has 2 amide bonds. The first-order valence-corrected chi connectivity index (χ1v) is 7.89. The zero-order valence-electron chi connectivity index (χ0n) is 13.0. The fourth-order valence-corrected chi connectivity index (χ4v) is 2.99. The molecule has 0 saturated carbocycles. The molecule has 0 spiro atoms. The highest BCUT2D eigenvalue weighted by molar-refractivity contribution is 5.96. The van der Waals surface area contributed by atoms with E-state index >= 15 is 0 Å². The lowest BCUT2D eigenvalue weighted by Crippen LogP contribution is -2.42. The number of fused-ring (bicyclic) bond motifs is 1. The van der Waals surface area contributed by atoms with E-state index in [1.165, 1.54) is 0 Å². The van der Waals surface area contributed by atoms with Gasteiger partial charge in [0.05, 0.1) is 6.54 Å². The minimum atomic E-state index is -0.290. The molecular formula is C17H21N3O3. The summed E-state index contributed by atoms with van der Waals surface area (Å²) in [6.07, 6.45) is 1.90. The molecule has 122 valence electrons. The molecule has 6 heteroatoms. The van der Waals surface area contributed by atoms with E-state index in [1.807, 2.05) is 24.3 Å². The summed E-state index contributed by atoms with van der Waals surface area (Å²) in [5.41, 5.74) is 5.92. The number of likely N-dealkylation sites (tertiary alicyclic amines) is 1. The second kappa shape index (κ2) is 6.83. The minimum absolute atomic E-state index is 0.180. The zero-order chi connectivity index (χ0) is 16.2. The van der Waals surface area contributed by atoms with Gasteiger partial charge < -0.3 is 15.5 Å². The Kier molecular flexibility index (Phi) is 4.62. The van der Waals surface area contributed by atoms with Crippen molar-refractivity contribution in [3.63, 3.8) is 0 Å². The van der Waals surface area contributed by atoms with Crippen molar-refractivity contribution in [1.29, 1.82) is 0 Å². The second-order valence-corrected chi connectivity index (χ2v) is 6.04. The van der Waals surface area contributed by atoms with Crippen molar-refractivity contribution >= 4 is 22.8 Å². The lowest BCUT2D eigenvalue weighted by Gasteiger charge is -2.30. The number of carbonyl (C=O) groups excluding carboxylic acids is 2. The highest BCUT2D eigenvalue weighted by atomic mass is 16.3. The molecule has 2 aromatic rings. The van der Waals surface area contributed by atoms with Crippen LogP contribution in [-0.4, -0.2) is 42.9 Å². The van der Waals surface area contributed by atoms with Crippen molar-refractivity contribution in [3.05, 3.63) is 36.1 Å². The lowest BCUT2D eigenvalue weighted by molar-refractivity contribution is -0.119. The first-order chi connectivity index (χ1) is 11.1. The van der Waals surface area contributed by atoms with Crippen LogP contribution in [0.3, 0.4) is 0 Å². The van der Waals surface area contributed by atoms with Crippen LogP contribution in [0.2, 0.25) is 0 Å². The van der Waals surface area contributed by atoms with E-state index in [9.17, 15) is 9.59 Å². The summed E-state index contributed by atoms with van der Waals surface area (Å²) < 4.78 is 5.56. The number of furan rings is 1. The molecule has 0 radical (unpaired) electrons. The third-order valence-electron chi connectivity index (χ3n) is 4.29. The normalized spacial score (nSPS) is 16.5. The molecule has 0 unspecified atom stereocenters. The highest BCUT2D eigenvalue weighted by Gasteiger charge is 2.21. The summed E-state index contributed by atoms with van der Waals surface area (Å²) in [4.78, 5) is 25.2. The van der Waals surface area contributed by atoms with Crippen molar-refractivity contribution in [1.82, 2.24) is 10.2 Å². The number of nitrogens with two attached hydrogens (primary N) is 1. The molecular weight excluding hydrogens is 294 g/mol. The average molecular weight is 315 g/mol. The molecule has 3 rings (SSSR count). The molecule has 6 nitrogen and oxygen atoms in total. The standard InChI is InChI=1S/C17H21N3O3/c18-16(21)11-20-7-5-12(6-8-20)10-19-17(22)15-9-13-3-1-2-4-14(13)23-15/h1-4,9,12H,5-8,10-11H2,(H2,18,21)(H,19,22). The number of para-hydroxylation sites is 1. The van der Waals surface area contributed by atoms with Crippen LogP contribution in [0.1, 0.15) is 23.4 Å². The summed E-state index contributed by atoms with van der Waals surface area (Å²) in [7, 11) is 0. The van der Waals surface area contributed by atoms with E-state index < -0.39 is 0 Å². The molecule has 1 aliphatic rings. The van der Waals surface area contributed by atoms with Gasteiger partial charge in [-0.15, -0.1) is 0 Å². The van der Waals surface area contributed by atoms with Crippen molar-refractivity contribution in [3.8, 4) is 0 Å². The number of rotatable bonds is 5. The summed E-state index contributed by atoms with van der Waals surface area (Å²) in [5, 5.41) is 3.87. The number of carbonyl (C=O) groups is 2. The number of primary amides is 1. The van der Waals surface area contributed by atoms with Crippen LogP contribution in [0.5, 0.6) is 0 Å². The summed E-state index contributed by atoms with van der Waals surface area (Å²) in [6.45, 7) is 2.63. The fraction of sp³-hybridized carbons (Fsp3) is 0.412. The van der Waals surface area contributed by atoms with Crippen LogP contribution >= 0.6 is 0 Å². The van der Waals surface area contributed by atoms with E-state index in [0.717, 1.165) is 36.9 Å². The fourth-order valence-electron chi connectivity index (χ4n) is 2.99. The van der Waals surface area contributed by atoms with E-state index in [0.29, 0.717) is 24.8 Å². The Morgan fingerprint density at radius 1 is 1.26 bits per heavy atom. The minimum Gasteiger partial charge on any atom is -0.451 e. The van der Waals surface area contributed by atoms with Gasteiger partial charge >= 0.3 is 0 Å². The van der Waals surface area contributed by atoms with E-state index in [2.05, 4.69) is 10.2 Å². The van der Waals surface area contributed by atoms with Gasteiger partial charge in [0.2, 0.25) is 5.91 Å². The predicted molar refractivity (Wildman–Crippen MR) is 86.9 cm³/mol. The molecule has 23 heavy (non-hydrogen) atoms. The molecule has 1 aromatic carbocycles. The molecule has 1 aliphatic heterocycles. The van der Waals surface area contributed by atoms with Gasteiger partial charge in [-0.05, 0) is 44.0 Å². The van der Waals surface area contributed by atoms with Gasteiger partial charge in [0.1, 0.15) is 5.58 Å². The second-order valence-electron chi connectivity index (χ2n) is 6.04. The average Bonchev–Trinajstić information content (AvgIpc) is 2.97. The van der Waals surface area contributed by atoms with Gasteiger partial charge in [-0.2, -0.15) is 0 Å². The summed E-state index contributed by atoms with van der Waals surface area (Å²) in [5.74, 6) is 0.298. The van der Waals surface area contributed by atoms with Crippen LogP contribution in [0.15, 0.2) is 34.7 Å². The summed E-state index contributed by atoms with van der Waals surface area (Å²) >= 11 is 0. The topological polar surface area (TPSA) is 88.6 Å². The van der Waals surface area contributed by atoms with Gasteiger partial charge in [-0.3, -0.25) is 14.5 Å². The maximum absolute atomic E-state index is 12.2. The van der Waals surface area contributed by atoms with Gasteiger partial charge in [0, 0.05) is 11.9 Å². The van der Waals surface area contributed by atoms with Gasteiger partial charge in [0.25, 0.3) is 5.91 Å². The Morgan fingerprint density at radius 3 is 2.70 bits per heavy atom. The first-order valence-electron chi connectivity index (χ1n) is 7.89. The van der Waals surface area contributed by atoms with Crippen LogP contribution in [0, 0.1) is 5.92 Å². The number of piperidine rings is 1. The lowest BCUT2D eigenvalue weighted by atomic mass is 9.97. The van der Waals surface area contributed by atoms with E-state index in [1.54, 1.807) is 6.07 Å². The van der Waals surface area contributed by atoms with Crippen LogP contribution in [0.25, 0.3) is 11.0 Å². The highest BCUT2D eigenvalue weighted by Crippen LogP contribution is 2.19. The smallest absolute Gasteiger partial charge is 0.287 e. The largest absolute Gasteiger partial charge is 0.451 e. The Bertz CT molecular complexity index is 669. The molecule has 0 atom stereocenters. The van der Waals surface area contributed by atoms with Crippen LogP contribution in [-0.2, 0) is 4.79 Å². The molecule has 2 heterocycles. The van der Waals surface area contributed by atoms with E-state index in [-0.39, 0.29) is 11.8 Å². The van der Waals surface area contributed by atoms with Gasteiger partial charge in [-0.25, -0.2) is 0 Å². The molecule has 0 aliphatic carbocycles. The number of hydrogen-bond donors (Lipinski definition) is 2. The molecule has 1 saturated heterocycles.